The molecule has 3 rings (SSSR count). The van der Waals surface area contributed by atoms with Gasteiger partial charge in [0.25, 0.3) is 0 Å². The van der Waals surface area contributed by atoms with E-state index in [9.17, 15) is 9.28 Å². The minimum atomic E-state index is 0.335. The molecule has 0 bridgehead atoms. The van der Waals surface area contributed by atoms with Gasteiger partial charge in [0.2, 0.25) is 0 Å². The number of hydrogen-bond acceptors (Lipinski definition) is 4. The molecule has 0 spiro atoms. The highest BCUT2D eigenvalue weighted by Crippen LogP contribution is 2.41. The largest absolute Gasteiger partial charge is 0.391 e. The molecule has 0 fully saturated rings. The molecule has 1 aliphatic rings. The highest BCUT2D eigenvalue weighted by Gasteiger charge is 2.28. The smallest absolute Gasteiger partial charge is 0.150 e. The Hall–Kier alpha value is -3.12. The van der Waals surface area contributed by atoms with Gasteiger partial charge in [0.1, 0.15) is 6.29 Å². The Balaban J connectivity index is 0.000000328. The van der Waals surface area contributed by atoms with Crippen LogP contribution in [0.2, 0.25) is 0 Å². The fourth-order valence-corrected chi connectivity index (χ4v) is 4.01. The van der Waals surface area contributed by atoms with E-state index >= 15 is 0 Å². The summed E-state index contributed by atoms with van der Waals surface area (Å²) in [7, 11) is 3.76. The Kier molecular flexibility index (Phi) is 9.23. The van der Waals surface area contributed by atoms with Crippen LogP contribution in [0.1, 0.15) is 56.1 Å². The molecule has 1 aromatic carbocycles. The number of benzene rings is 1. The van der Waals surface area contributed by atoms with Gasteiger partial charge in [-0.1, -0.05) is 37.6 Å². The van der Waals surface area contributed by atoms with Crippen LogP contribution in [-0.2, 0) is 0 Å². The van der Waals surface area contributed by atoms with E-state index < -0.39 is 0 Å². The molecule has 0 radical (unpaired) electrons. The fraction of sp³-hybridized carbons (Fsp3) is 0.370. The van der Waals surface area contributed by atoms with Crippen molar-refractivity contribution < 1.29 is 9.28 Å². The second-order valence-corrected chi connectivity index (χ2v) is 8.98. The van der Waals surface area contributed by atoms with Gasteiger partial charge in [0.05, 0.1) is 5.70 Å². The summed E-state index contributed by atoms with van der Waals surface area (Å²) in [6, 6.07) is 7.78. The highest BCUT2D eigenvalue weighted by molar-refractivity contribution is 5.91. The molecule has 1 aliphatic carbocycles. The molecule has 1 heterocycles. The number of halogens is 1. The average Bonchev–Trinajstić information content (AvgIpc) is 3.24. The third-order valence-electron chi connectivity index (χ3n) is 5.97. The van der Waals surface area contributed by atoms with Crippen molar-refractivity contribution in [3.05, 3.63) is 77.9 Å². The number of fused-ring (bicyclic) bond motifs is 1. The molecule has 0 atom stereocenters. The number of aromatic amines is 1. The molecular formula is C27H37FN4O. The summed E-state index contributed by atoms with van der Waals surface area (Å²) in [5.74, 6) is 0. The quantitative estimate of drug-likeness (QED) is 0.334. The number of nitrogens with one attached hydrogen (secondary N) is 3. The third kappa shape index (κ3) is 6.68. The minimum Gasteiger partial charge on any atom is -0.391 e. The zero-order valence-electron chi connectivity index (χ0n) is 20.5. The van der Waals surface area contributed by atoms with Crippen molar-refractivity contribution in [2.75, 3.05) is 20.6 Å². The van der Waals surface area contributed by atoms with Gasteiger partial charge in [0.15, 0.2) is 0 Å². The number of carbonyl (C=O) groups excluding carboxylic acids is 1. The van der Waals surface area contributed by atoms with E-state index in [4.69, 9.17) is 0 Å². The Bertz CT molecular complexity index is 1060. The van der Waals surface area contributed by atoms with Crippen molar-refractivity contribution in [3.8, 4) is 0 Å². The fourth-order valence-electron chi connectivity index (χ4n) is 4.01. The van der Waals surface area contributed by atoms with Gasteiger partial charge in [-0.15, -0.1) is 0 Å². The molecule has 1 aromatic heterocycles. The van der Waals surface area contributed by atoms with Crippen molar-refractivity contribution in [2.45, 2.75) is 40.0 Å². The topological polar surface area (TPSA) is 60.2 Å². The molecular weight excluding hydrogens is 415 g/mol. The van der Waals surface area contributed by atoms with E-state index in [2.05, 4.69) is 48.7 Å². The predicted molar refractivity (Wildman–Crippen MR) is 137 cm³/mol. The first-order valence-electron chi connectivity index (χ1n) is 11.2. The van der Waals surface area contributed by atoms with Crippen molar-refractivity contribution >= 4 is 22.8 Å². The lowest BCUT2D eigenvalue weighted by Gasteiger charge is -2.33. The maximum absolute atomic E-state index is 12.6. The normalized spacial score (nSPS) is 15.5. The highest BCUT2D eigenvalue weighted by atomic mass is 19.2. The van der Waals surface area contributed by atoms with Crippen LogP contribution >= 0.6 is 0 Å². The Morgan fingerprint density at radius 1 is 1.30 bits per heavy atom. The molecule has 6 heteroatoms. The standard InChI is InChI=1S/C20H24N2O.C7H13FN2/c1-13(16-7-8-20(2,3)11-19(16)21-4)18-10-15-9-14(12-23)5-6-17(15)22-18;1-4-7(6-9-3)10(8)5-2/h5-6,9-10,12,21-22H,1,7-8,11H2,2-4H3;4-5,9H,2,6H2,1,3H3/b;7-4-. The number of rotatable bonds is 8. The Morgan fingerprint density at radius 3 is 2.61 bits per heavy atom. The van der Waals surface area contributed by atoms with Gasteiger partial charge in [0, 0.05) is 47.6 Å². The van der Waals surface area contributed by atoms with Gasteiger partial charge >= 0.3 is 0 Å². The van der Waals surface area contributed by atoms with Crippen molar-refractivity contribution in [1.29, 1.82) is 0 Å². The number of hydrogen-bond donors (Lipinski definition) is 3. The number of H-pyrrole nitrogens is 1. The second kappa shape index (κ2) is 11.7. The summed E-state index contributed by atoms with van der Waals surface area (Å²) in [5.41, 5.74) is 7.32. The maximum atomic E-state index is 12.6. The summed E-state index contributed by atoms with van der Waals surface area (Å²) in [4.78, 5) is 14.4. The van der Waals surface area contributed by atoms with Crippen molar-refractivity contribution in [3.63, 3.8) is 0 Å². The van der Waals surface area contributed by atoms with Crippen LogP contribution < -0.4 is 10.6 Å². The number of nitrogens with zero attached hydrogens (tertiary/aromatic N) is 1. The number of allylic oxidation sites excluding steroid dienone is 4. The Labute approximate surface area is 197 Å². The lowest BCUT2D eigenvalue weighted by molar-refractivity contribution is 0.112. The molecule has 0 saturated carbocycles. The zero-order chi connectivity index (χ0) is 24.6. The summed E-state index contributed by atoms with van der Waals surface area (Å²) in [6.45, 7) is 14.5. The third-order valence-corrected chi connectivity index (χ3v) is 5.97. The van der Waals surface area contributed by atoms with Gasteiger partial charge < -0.3 is 15.6 Å². The minimum absolute atomic E-state index is 0.335. The summed E-state index contributed by atoms with van der Waals surface area (Å²) in [6.07, 6.45) is 6.96. The molecule has 2 aromatic rings. The summed E-state index contributed by atoms with van der Waals surface area (Å²) >= 11 is 0. The predicted octanol–water partition coefficient (Wildman–Crippen LogP) is 6.12. The van der Waals surface area contributed by atoms with E-state index in [0.29, 0.717) is 28.3 Å². The Morgan fingerprint density at radius 2 is 2.03 bits per heavy atom. The first-order chi connectivity index (χ1) is 15.7. The van der Waals surface area contributed by atoms with E-state index in [0.717, 1.165) is 47.5 Å². The van der Waals surface area contributed by atoms with Crippen LogP contribution in [-0.4, -0.2) is 37.0 Å². The first-order valence-corrected chi connectivity index (χ1v) is 11.2. The van der Waals surface area contributed by atoms with Gasteiger partial charge in [-0.3, -0.25) is 4.79 Å². The first kappa shape index (κ1) is 26.1. The van der Waals surface area contributed by atoms with Gasteiger partial charge in [-0.25, -0.2) is 0 Å². The van der Waals surface area contributed by atoms with Crippen molar-refractivity contribution in [1.82, 2.24) is 20.7 Å². The van der Waals surface area contributed by atoms with Crippen molar-refractivity contribution in [2.24, 2.45) is 5.41 Å². The van der Waals surface area contributed by atoms with E-state index in [1.54, 1.807) is 20.0 Å². The van der Waals surface area contributed by atoms with Crippen LogP contribution in [0.3, 0.4) is 0 Å². The second-order valence-electron chi connectivity index (χ2n) is 8.98. The number of carbonyl (C=O) groups is 1. The molecule has 0 amide bonds. The molecule has 3 N–H and O–H groups in total. The molecule has 0 saturated heterocycles. The zero-order valence-corrected chi connectivity index (χ0v) is 20.5. The SMILES string of the molecule is C=C(C1=C(NC)CC(C)(C)CC1)c1cc2cc(C=O)ccc2[nH]1.C=CN(F)/C(=C\C)CNC. The van der Waals surface area contributed by atoms with E-state index in [1.807, 2.05) is 25.2 Å². The lowest BCUT2D eigenvalue weighted by atomic mass is 9.75. The van der Waals surface area contributed by atoms with Crippen LogP contribution in [0.4, 0.5) is 4.48 Å². The average molecular weight is 453 g/mol. The van der Waals surface area contributed by atoms with Crippen LogP contribution in [0, 0.1) is 5.41 Å². The van der Waals surface area contributed by atoms with E-state index in [-0.39, 0.29) is 0 Å². The molecule has 178 valence electrons. The lowest BCUT2D eigenvalue weighted by Crippen LogP contribution is -2.24. The molecule has 0 aliphatic heterocycles. The van der Waals surface area contributed by atoms with Crippen LogP contribution in [0.25, 0.3) is 16.5 Å². The van der Waals surface area contributed by atoms with E-state index in [1.165, 1.54) is 17.7 Å². The molecule has 0 unspecified atom stereocenters. The molecule has 33 heavy (non-hydrogen) atoms. The monoisotopic (exact) mass is 452 g/mol. The number of likely N-dealkylation sites (N-methyl/N-ethyl adjacent to an activating group) is 1. The van der Waals surface area contributed by atoms with Crippen LogP contribution in [0.5, 0.6) is 0 Å². The number of aromatic nitrogens is 1. The van der Waals surface area contributed by atoms with Gasteiger partial charge in [-0.2, -0.15) is 5.12 Å². The number of aldehydes is 1. The van der Waals surface area contributed by atoms with Gasteiger partial charge in [-0.05, 0) is 74.1 Å². The molecule has 5 nitrogen and oxygen atoms in total. The maximum Gasteiger partial charge on any atom is 0.150 e. The van der Waals surface area contributed by atoms with Crippen LogP contribution in [0.15, 0.2) is 66.7 Å². The summed E-state index contributed by atoms with van der Waals surface area (Å²) in [5, 5.41) is 7.75. The summed E-state index contributed by atoms with van der Waals surface area (Å²) < 4.78 is 12.6.